The lowest BCUT2D eigenvalue weighted by molar-refractivity contribution is -0.121. The zero-order valence-electron chi connectivity index (χ0n) is 15.9. The third-order valence-corrected chi connectivity index (χ3v) is 5.97. The molecule has 7 nitrogen and oxygen atoms in total. The second-order valence-electron chi connectivity index (χ2n) is 6.72. The van der Waals surface area contributed by atoms with Gasteiger partial charge in [-0.15, -0.1) is 0 Å². The molecule has 2 aromatic rings. The fourth-order valence-corrected chi connectivity index (χ4v) is 4.21. The van der Waals surface area contributed by atoms with Gasteiger partial charge in [-0.1, -0.05) is 24.3 Å². The number of rotatable bonds is 7. The fourth-order valence-electron chi connectivity index (χ4n) is 2.85. The molecule has 1 aliphatic rings. The van der Waals surface area contributed by atoms with Crippen LogP contribution >= 0.6 is 0 Å². The Morgan fingerprint density at radius 2 is 1.89 bits per heavy atom. The number of sulfonamides is 1. The van der Waals surface area contributed by atoms with Crippen LogP contribution in [0.2, 0.25) is 0 Å². The SMILES string of the molecule is Cc1ccc(C)c(S(=O)(=O)NCCC(=O)NC[C@H]2COc3ccccc3O2)c1. The first-order valence-corrected chi connectivity index (χ1v) is 10.6. The number of hydrogen-bond acceptors (Lipinski definition) is 5. The number of hydrogen-bond donors (Lipinski definition) is 2. The Morgan fingerprint density at radius 3 is 2.68 bits per heavy atom. The van der Waals surface area contributed by atoms with Crippen LogP contribution in [0.4, 0.5) is 0 Å². The summed E-state index contributed by atoms with van der Waals surface area (Å²) in [5.41, 5.74) is 1.53. The van der Waals surface area contributed by atoms with E-state index in [0.717, 1.165) is 5.56 Å². The van der Waals surface area contributed by atoms with Gasteiger partial charge in [-0.2, -0.15) is 0 Å². The largest absolute Gasteiger partial charge is 0.486 e. The lowest BCUT2D eigenvalue weighted by atomic mass is 10.2. The maximum Gasteiger partial charge on any atom is 0.240 e. The van der Waals surface area contributed by atoms with Crippen LogP contribution in [0.3, 0.4) is 0 Å². The highest BCUT2D eigenvalue weighted by Crippen LogP contribution is 2.30. The predicted molar refractivity (Wildman–Crippen MR) is 105 cm³/mol. The Labute approximate surface area is 165 Å². The van der Waals surface area contributed by atoms with E-state index in [0.29, 0.717) is 23.7 Å². The van der Waals surface area contributed by atoms with E-state index in [9.17, 15) is 13.2 Å². The molecule has 0 saturated heterocycles. The van der Waals surface area contributed by atoms with Gasteiger partial charge in [-0.05, 0) is 43.2 Å². The molecular formula is C20H24N2O5S. The Morgan fingerprint density at radius 1 is 1.14 bits per heavy atom. The Kier molecular flexibility index (Phi) is 6.21. The Balaban J connectivity index is 1.44. The van der Waals surface area contributed by atoms with Crippen molar-refractivity contribution in [2.24, 2.45) is 0 Å². The molecule has 1 aliphatic heterocycles. The van der Waals surface area contributed by atoms with Crippen LogP contribution in [-0.2, 0) is 14.8 Å². The molecule has 0 unspecified atom stereocenters. The maximum absolute atomic E-state index is 12.4. The summed E-state index contributed by atoms with van der Waals surface area (Å²) in [7, 11) is -3.65. The number of para-hydroxylation sites is 2. The summed E-state index contributed by atoms with van der Waals surface area (Å²) in [5.74, 6) is 1.08. The van der Waals surface area contributed by atoms with Gasteiger partial charge in [0.25, 0.3) is 0 Å². The average Bonchev–Trinajstić information content (AvgIpc) is 2.68. The van der Waals surface area contributed by atoms with Gasteiger partial charge >= 0.3 is 0 Å². The summed E-state index contributed by atoms with van der Waals surface area (Å²) in [6.45, 7) is 4.23. The number of carbonyl (C=O) groups is 1. The van der Waals surface area contributed by atoms with Gasteiger partial charge in [0.1, 0.15) is 12.7 Å². The monoisotopic (exact) mass is 404 g/mol. The molecule has 1 heterocycles. The molecule has 28 heavy (non-hydrogen) atoms. The predicted octanol–water partition coefficient (Wildman–Crippen LogP) is 1.93. The lowest BCUT2D eigenvalue weighted by Gasteiger charge is -2.26. The number of amides is 1. The molecule has 0 aliphatic carbocycles. The van der Waals surface area contributed by atoms with Gasteiger partial charge in [0.05, 0.1) is 11.4 Å². The molecule has 2 aromatic carbocycles. The highest BCUT2D eigenvalue weighted by atomic mass is 32.2. The zero-order chi connectivity index (χ0) is 20.1. The van der Waals surface area contributed by atoms with Crippen molar-refractivity contribution in [3.8, 4) is 11.5 Å². The molecule has 8 heteroatoms. The summed E-state index contributed by atoms with van der Waals surface area (Å²) in [4.78, 5) is 12.3. The molecule has 1 amide bonds. The lowest BCUT2D eigenvalue weighted by Crippen LogP contribution is -2.41. The number of ether oxygens (including phenoxy) is 2. The van der Waals surface area contributed by atoms with Crippen molar-refractivity contribution in [1.29, 1.82) is 0 Å². The van der Waals surface area contributed by atoms with Crippen molar-refractivity contribution in [3.05, 3.63) is 53.6 Å². The van der Waals surface area contributed by atoms with E-state index in [1.54, 1.807) is 19.1 Å². The minimum Gasteiger partial charge on any atom is -0.486 e. The first-order chi connectivity index (χ1) is 13.3. The zero-order valence-corrected chi connectivity index (χ0v) is 16.7. The molecule has 3 rings (SSSR count). The molecule has 1 atom stereocenters. The molecule has 0 saturated carbocycles. The number of fused-ring (bicyclic) bond motifs is 1. The summed E-state index contributed by atoms with van der Waals surface area (Å²) in [5, 5.41) is 2.75. The number of benzene rings is 2. The summed E-state index contributed by atoms with van der Waals surface area (Å²) in [6.07, 6.45) is -0.251. The van der Waals surface area contributed by atoms with Crippen molar-refractivity contribution in [2.75, 3.05) is 19.7 Å². The minimum atomic E-state index is -3.65. The van der Waals surface area contributed by atoms with Gasteiger partial charge in [-0.25, -0.2) is 13.1 Å². The summed E-state index contributed by atoms with van der Waals surface area (Å²) in [6, 6.07) is 12.6. The van der Waals surface area contributed by atoms with E-state index in [4.69, 9.17) is 9.47 Å². The molecule has 150 valence electrons. The average molecular weight is 404 g/mol. The fraction of sp³-hybridized carbons (Fsp3) is 0.350. The van der Waals surface area contributed by atoms with Crippen molar-refractivity contribution >= 4 is 15.9 Å². The minimum absolute atomic E-state index is 0.0202. The molecule has 0 fully saturated rings. The third-order valence-electron chi connectivity index (χ3n) is 4.37. The van der Waals surface area contributed by atoms with Crippen molar-refractivity contribution in [2.45, 2.75) is 31.3 Å². The van der Waals surface area contributed by atoms with Crippen LogP contribution < -0.4 is 19.5 Å². The van der Waals surface area contributed by atoms with E-state index in [2.05, 4.69) is 10.0 Å². The summed E-state index contributed by atoms with van der Waals surface area (Å²) < 4.78 is 38.7. The first kappa shape index (κ1) is 20.2. The van der Waals surface area contributed by atoms with E-state index in [1.807, 2.05) is 37.3 Å². The van der Waals surface area contributed by atoms with Crippen LogP contribution in [0, 0.1) is 13.8 Å². The Hall–Kier alpha value is -2.58. The second-order valence-corrected chi connectivity index (χ2v) is 8.45. The third kappa shape index (κ3) is 5.02. The number of aryl methyl sites for hydroxylation is 2. The van der Waals surface area contributed by atoms with Crippen molar-refractivity contribution in [1.82, 2.24) is 10.0 Å². The first-order valence-electron chi connectivity index (χ1n) is 9.07. The van der Waals surface area contributed by atoms with E-state index in [-0.39, 0.29) is 36.4 Å². The highest BCUT2D eigenvalue weighted by Gasteiger charge is 2.21. The molecule has 0 aromatic heterocycles. The van der Waals surface area contributed by atoms with Gasteiger partial charge in [0, 0.05) is 13.0 Å². The smallest absolute Gasteiger partial charge is 0.240 e. The van der Waals surface area contributed by atoms with Gasteiger partial charge in [0.15, 0.2) is 11.5 Å². The van der Waals surface area contributed by atoms with Crippen molar-refractivity contribution < 1.29 is 22.7 Å². The van der Waals surface area contributed by atoms with Gasteiger partial charge in [0.2, 0.25) is 15.9 Å². The van der Waals surface area contributed by atoms with Crippen LogP contribution in [0.5, 0.6) is 11.5 Å². The standard InChI is InChI=1S/C20H24N2O5S/c1-14-7-8-15(2)19(11-14)28(24,25)22-10-9-20(23)21-12-16-13-26-17-5-3-4-6-18(17)27-16/h3-8,11,16,22H,9-10,12-13H2,1-2H3,(H,21,23)/t16-/m0/s1. The Bertz CT molecular complexity index is 959. The number of nitrogens with one attached hydrogen (secondary N) is 2. The van der Waals surface area contributed by atoms with E-state index in [1.165, 1.54) is 0 Å². The quantitative estimate of drug-likeness (QED) is 0.735. The molecule has 0 spiro atoms. The number of carbonyl (C=O) groups excluding carboxylic acids is 1. The van der Waals surface area contributed by atoms with Crippen LogP contribution in [0.1, 0.15) is 17.5 Å². The second kappa shape index (κ2) is 8.62. The van der Waals surface area contributed by atoms with Crippen LogP contribution in [0.25, 0.3) is 0 Å². The van der Waals surface area contributed by atoms with Crippen LogP contribution in [0.15, 0.2) is 47.4 Å². The van der Waals surface area contributed by atoms with E-state index >= 15 is 0 Å². The molecule has 0 radical (unpaired) electrons. The van der Waals surface area contributed by atoms with Crippen molar-refractivity contribution in [3.63, 3.8) is 0 Å². The topological polar surface area (TPSA) is 93.7 Å². The summed E-state index contributed by atoms with van der Waals surface area (Å²) >= 11 is 0. The maximum atomic E-state index is 12.4. The van der Waals surface area contributed by atoms with Gasteiger partial charge in [-0.3, -0.25) is 4.79 Å². The molecular weight excluding hydrogens is 380 g/mol. The highest BCUT2D eigenvalue weighted by molar-refractivity contribution is 7.89. The van der Waals surface area contributed by atoms with E-state index < -0.39 is 10.0 Å². The normalized spacial score (nSPS) is 15.9. The van der Waals surface area contributed by atoms with Crippen LogP contribution in [-0.4, -0.2) is 40.1 Å². The molecule has 2 N–H and O–H groups in total. The van der Waals surface area contributed by atoms with Gasteiger partial charge < -0.3 is 14.8 Å². The molecule has 0 bridgehead atoms.